The minimum atomic E-state index is -3.93. The number of benzene rings is 2. The average molecular weight is 375 g/mol. The van der Waals surface area contributed by atoms with Gasteiger partial charge in [0.1, 0.15) is 0 Å². The van der Waals surface area contributed by atoms with E-state index in [1.165, 1.54) is 26.0 Å². The zero-order chi connectivity index (χ0) is 19.3. The van der Waals surface area contributed by atoms with Gasteiger partial charge in [-0.3, -0.25) is 9.59 Å². The van der Waals surface area contributed by atoms with Crippen LogP contribution in [0.15, 0.2) is 59.5 Å². The van der Waals surface area contributed by atoms with Gasteiger partial charge in [-0.15, -0.1) is 0 Å². The van der Waals surface area contributed by atoms with Crippen LogP contribution in [0.1, 0.15) is 31.0 Å². The quantitative estimate of drug-likeness (QED) is 0.751. The van der Waals surface area contributed by atoms with Gasteiger partial charge in [-0.2, -0.15) is 4.72 Å². The SMILES string of the molecule is CC(=O)OC(C(C)=O)C(NS(=O)(=O)c1ccc(C)cc1)c1ccccc1. The molecule has 2 aromatic rings. The Labute approximate surface area is 153 Å². The molecule has 0 spiro atoms. The Hall–Kier alpha value is -2.51. The van der Waals surface area contributed by atoms with Gasteiger partial charge in [-0.05, 0) is 31.5 Å². The lowest BCUT2D eigenvalue weighted by molar-refractivity contribution is -0.154. The van der Waals surface area contributed by atoms with Gasteiger partial charge in [0.05, 0.1) is 10.9 Å². The number of sulfonamides is 1. The Morgan fingerprint density at radius 1 is 0.962 bits per heavy atom. The lowest BCUT2D eigenvalue weighted by Crippen LogP contribution is -2.42. The third-order valence-corrected chi connectivity index (χ3v) is 5.23. The highest BCUT2D eigenvalue weighted by Gasteiger charge is 2.33. The average Bonchev–Trinajstić information content (AvgIpc) is 2.58. The summed E-state index contributed by atoms with van der Waals surface area (Å²) in [6.07, 6.45) is -1.27. The van der Waals surface area contributed by atoms with Gasteiger partial charge in [0.25, 0.3) is 0 Å². The van der Waals surface area contributed by atoms with Crippen molar-refractivity contribution in [1.82, 2.24) is 4.72 Å². The molecule has 0 radical (unpaired) electrons. The number of hydrogen-bond acceptors (Lipinski definition) is 5. The molecule has 0 aromatic heterocycles. The van der Waals surface area contributed by atoms with E-state index >= 15 is 0 Å². The molecule has 0 amide bonds. The second-order valence-corrected chi connectivity index (χ2v) is 7.68. The number of nitrogens with one attached hydrogen (secondary N) is 1. The molecule has 2 unspecified atom stereocenters. The van der Waals surface area contributed by atoms with Crippen LogP contribution in [-0.2, 0) is 24.3 Å². The van der Waals surface area contributed by atoms with Crippen molar-refractivity contribution in [3.8, 4) is 0 Å². The molecule has 2 rings (SSSR count). The Morgan fingerprint density at radius 3 is 2.04 bits per heavy atom. The van der Waals surface area contributed by atoms with E-state index in [1.54, 1.807) is 42.5 Å². The highest BCUT2D eigenvalue weighted by molar-refractivity contribution is 7.89. The maximum absolute atomic E-state index is 12.8. The molecule has 0 saturated heterocycles. The molecule has 0 fully saturated rings. The summed E-state index contributed by atoms with van der Waals surface area (Å²) in [5, 5.41) is 0. The molecule has 0 saturated carbocycles. The highest BCUT2D eigenvalue weighted by atomic mass is 32.2. The summed E-state index contributed by atoms with van der Waals surface area (Å²) in [6, 6.07) is 13.8. The molecule has 26 heavy (non-hydrogen) atoms. The molecule has 1 N–H and O–H groups in total. The van der Waals surface area contributed by atoms with Gasteiger partial charge in [0.2, 0.25) is 10.0 Å². The van der Waals surface area contributed by atoms with E-state index in [4.69, 9.17) is 4.74 Å². The van der Waals surface area contributed by atoms with Crippen LogP contribution in [0.3, 0.4) is 0 Å². The summed E-state index contributed by atoms with van der Waals surface area (Å²) in [5.41, 5.74) is 1.44. The predicted octanol–water partition coefficient (Wildman–Crippen LogP) is 2.54. The van der Waals surface area contributed by atoms with Crippen molar-refractivity contribution >= 4 is 21.8 Å². The summed E-state index contributed by atoms with van der Waals surface area (Å²) < 4.78 is 33.2. The van der Waals surface area contributed by atoms with Gasteiger partial charge in [-0.1, -0.05) is 48.0 Å². The molecule has 0 heterocycles. The van der Waals surface area contributed by atoms with Crippen molar-refractivity contribution in [2.24, 2.45) is 0 Å². The van der Waals surface area contributed by atoms with E-state index in [-0.39, 0.29) is 4.90 Å². The lowest BCUT2D eigenvalue weighted by Gasteiger charge is -2.26. The van der Waals surface area contributed by atoms with Crippen LogP contribution in [0.25, 0.3) is 0 Å². The Balaban J connectivity index is 2.45. The van der Waals surface area contributed by atoms with Crippen LogP contribution in [-0.4, -0.2) is 26.3 Å². The van der Waals surface area contributed by atoms with Gasteiger partial charge < -0.3 is 4.74 Å². The van der Waals surface area contributed by atoms with E-state index in [0.29, 0.717) is 5.56 Å². The number of aryl methyl sites for hydroxylation is 1. The molecule has 0 aliphatic rings. The normalized spacial score (nSPS) is 13.7. The second kappa shape index (κ2) is 8.25. The number of hydrogen-bond donors (Lipinski definition) is 1. The third-order valence-electron chi connectivity index (χ3n) is 3.77. The zero-order valence-electron chi connectivity index (χ0n) is 14.8. The fourth-order valence-electron chi connectivity index (χ4n) is 2.48. The molecule has 0 bridgehead atoms. The second-order valence-electron chi connectivity index (χ2n) is 5.96. The Morgan fingerprint density at radius 2 is 1.54 bits per heavy atom. The van der Waals surface area contributed by atoms with Crippen molar-refractivity contribution in [1.29, 1.82) is 0 Å². The third kappa shape index (κ3) is 5.00. The van der Waals surface area contributed by atoms with Crippen molar-refractivity contribution in [3.63, 3.8) is 0 Å². The Bertz CT molecular complexity index is 876. The molecule has 6 nitrogen and oxygen atoms in total. The summed E-state index contributed by atoms with van der Waals surface area (Å²) in [4.78, 5) is 23.5. The molecule has 0 aliphatic heterocycles. The van der Waals surface area contributed by atoms with Crippen molar-refractivity contribution in [2.75, 3.05) is 0 Å². The molecule has 2 aromatic carbocycles. The first-order chi connectivity index (χ1) is 12.2. The predicted molar refractivity (Wildman–Crippen MR) is 96.9 cm³/mol. The van der Waals surface area contributed by atoms with Crippen LogP contribution in [0, 0.1) is 6.92 Å². The Kier molecular flexibility index (Phi) is 6.28. The van der Waals surface area contributed by atoms with E-state index in [9.17, 15) is 18.0 Å². The number of Topliss-reactive ketones (excluding diaryl/α,β-unsaturated/α-hetero) is 1. The topological polar surface area (TPSA) is 89.5 Å². The van der Waals surface area contributed by atoms with E-state index in [1.807, 2.05) is 6.92 Å². The molecule has 7 heteroatoms. The van der Waals surface area contributed by atoms with Crippen LogP contribution in [0.4, 0.5) is 0 Å². The number of ether oxygens (including phenoxy) is 1. The maximum atomic E-state index is 12.8. The van der Waals surface area contributed by atoms with E-state index < -0.39 is 33.9 Å². The van der Waals surface area contributed by atoms with Crippen LogP contribution in [0.2, 0.25) is 0 Å². The van der Waals surface area contributed by atoms with Crippen molar-refractivity contribution in [3.05, 3.63) is 65.7 Å². The first kappa shape index (κ1) is 19.8. The smallest absolute Gasteiger partial charge is 0.303 e. The fourth-order valence-corrected chi connectivity index (χ4v) is 3.71. The first-order valence-corrected chi connectivity index (χ1v) is 9.50. The lowest BCUT2D eigenvalue weighted by atomic mass is 10.00. The van der Waals surface area contributed by atoms with Crippen LogP contribution < -0.4 is 4.72 Å². The number of rotatable bonds is 7. The van der Waals surface area contributed by atoms with Gasteiger partial charge >= 0.3 is 5.97 Å². The summed E-state index contributed by atoms with van der Waals surface area (Å²) >= 11 is 0. The first-order valence-electron chi connectivity index (χ1n) is 8.02. The maximum Gasteiger partial charge on any atom is 0.303 e. The highest BCUT2D eigenvalue weighted by Crippen LogP contribution is 2.23. The molecular formula is C19H21NO5S. The van der Waals surface area contributed by atoms with E-state index in [2.05, 4.69) is 4.72 Å². The van der Waals surface area contributed by atoms with Gasteiger partial charge in [0, 0.05) is 6.92 Å². The number of carbonyl (C=O) groups excluding carboxylic acids is 2. The molecule has 0 aliphatic carbocycles. The summed E-state index contributed by atoms with van der Waals surface area (Å²) in [6.45, 7) is 4.28. The van der Waals surface area contributed by atoms with Gasteiger partial charge in [0.15, 0.2) is 11.9 Å². The fraction of sp³-hybridized carbons (Fsp3) is 0.263. The summed E-state index contributed by atoms with van der Waals surface area (Å²) in [7, 11) is -3.93. The van der Waals surface area contributed by atoms with Crippen molar-refractivity contribution < 1.29 is 22.7 Å². The minimum absolute atomic E-state index is 0.0640. The summed E-state index contributed by atoms with van der Waals surface area (Å²) in [5.74, 6) is -1.12. The van der Waals surface area contributed by atoms with Crippen molar-refractivity contribution in [2.45, 2.75) is 37.8 Å². The monoisotopic (exact) mass is 375 g/mol. The number of ketones is 1. The van der Waals surface area contributed by atoms with Gasteiger partial charge in [-0.25, -0.2) is 8.42 Å². The molecule has 2 atom stereocenters. The number of esters is 1. The minimum Gasteiger partial charge on any atom is -0.452 e. The number of carbonyl (C=O) groups is 2. The van der Waals surface area contributed by atoms with E-state index in [0.717, 1.165) is 5.56 Å². The molecular weight excluding hydrogens is 354 g/mol. The molecule has 138 valence electrons. The van der Waals surface area contributed by atoms with Crippen LogP contribution >= 0.6 is 0 Å². The van der Waals surface area contributed by atoms with Crippen LogP contribution in [0.5, 0.6) is 0 Å². The standard InChI is InChI=1S/C19H21NO5S/c1-13-9-11-17(12-10-13)26(23,24)20-18(16-7-5-4-6-8-16)19(14(2)21)25-15(3)22/h4-12,18-20H,1-3H3. The largest absolute Gasteiger partial charge is 0.452 e. The zero-order valence-corrected chi connectivity index (χ0v) is 15.6.